The number of piperazine rings is 1. The molecule has 0 aromatic carbocycles. The number of aromatic nitrogens is 2. The maximum Gasteiger partial charge on any atom is 0.347 e. The number of nitrogens with zero attached hydrogens (tertiary/aromatic N) is 3. The number of carbonyl (C=O) groups is 2. The number of pyridine rings is 1. The molecule has 0 radical (unpaired) electrons. The zero-order chi connectivity index (χ0) is 19.7. The minimum absolute atomic E-state index is 0.0318. The van der Waals surface area contributed by atoms with Crippen LogP contribution in [0.3, 0.4) is 0 Å². The summed E-state index contributed by atoms with van der Waals surface area (Å²) in [5, 5.41) is 0.872. The monoisotopic (exact) mass is 382 g/mol. The van der Waals surface area contributed by atoms with Gasteiger partial charge < -0.3 is 24.3 Å². The standard InChI is InChI=1S/C20H22N4O4/c1-3-27-20(26)16-17(25)15(28-19(16)24-9-7-23(2)8-10-24)11-13-12-22-18-14(13)5-4-6-21-18/h4-6,11-12H,3,7-10H2,1-2H3,(H,21,22)/b15-11-. The van der Waals surface area contributed by atoms with Crippen LogP contribution in [0.4, 0.5) is 0 Å². The highest BCUT2D eigenvalue weighted by atomic mass is 16.5. The number of nitrogens with one attached hydrogen (secondary N) is 1. The molecule has 0 aliphatic carbocycles. The van der Waals surface area contributed by atoms with Gasteiger partial charge in [-0.05, 0) is 32.2 Å². The first-order valence-electron chi connectivity index (χ1n) is 9.29. The van der Waals surface area contributed by atoms with Crippen molar-refractivity contribution in [3.8, 4) is 0 Å². The van der Waals surface area contributed by atoms with Crippen LogP contribution in [-0.4, -0.2) is 71.4 Å². The molecule has 4 heterocycles. The molecule has 0 spiro atoms. The van der Waals surface area contributed by atoms with Crippen molar-refractivity contribution in [1.29, 1.82) is 0 Å². The number of H-pyrrole nitrogens is 1. The fourth-order valence-corrected chi connectivity index (χ4v) is 3.37. The maximum atomic E-state index is 13.0. The smallest absolute Gasteiger partial charge is 0.347 e. The lowest BCUT2D eigenvalue weighted by Gasteiger charge is -2.33. The molecule has 146 valence electrons. The minimum atomic E-state index is -0.648. The van der Waals surface area contributed by atoms with Gasteiger partial charge >= 0.3 is 5.97 Å². The Kier molecular flexibility index (Phi) is 4.87. The average molecular weight is 382 g/mol. The Balaban J connectivity index is 1.69. The number of ether oxygens (including phenoxy) is 2. The van der Waals surface area contributed by atoms with Crippen molar-refractivity contribution >= 4 is 28.9 Å². The van der Waals surface area contributed by atoms with E-state index < -0.39 is 11.8 Å². The molecule has 2 aliphatic heterocycles. The van der Waals surface area contributed by atoms with Gasteiger partial charge in [-0.3, -0.25) is 4.79 Å². The van der Waals surface area contributed by atoms with Gasteiger partial charge in [-0.1, -0.05) is 0 Å². The number of ketones is 1. The van der Waals surface area contributed by atoms with Gasteiger partial charge in [-0.25, -0.2) is 9.78 Å². The molecule has 2 aliphatic rings. The number of hydrogen-bond donors (Lipinski definition) is 1. The molecule has 0 atom stereocenters. The Labute approximate surface area is 162 Å². The molecule has 2 aromatic rings. The van der Waals surface area contributed by atoms with E-state index in [1.807, 2.05) is 24.1 Å². The first kappa shape index (κ1) is 18.2. The van der Waals surface area contributed by atoms with Gasteiger partial charge in [0.25, 0.3) is 0 Å². The second-order valence-corrected chi connectivity index (χ2v) is 6.77. The van der Waals surface area contributed by atoms with E-state index in [0.29, 0.717) is 19.0 Å². The summed E-state index contributed by atoms with van der Waals surface area (Å²) in [6, 6.07) is 3.74. The van der Waals surface area contributed by atoms with E-state index in [1.54, 1.807) is 25.4 Å². The lowest BCUT2D eigenvalue weighted by atomic mass is 10.1. The molecule has 2 aromatic heterocycles. The zero-order valence-corrected chi connectivity index (χ0v) is 15.9. The predicted molar refractivity (Wildman–Crippen MR) is 103 cm³/mol. The van der Waals surface area contributed by atoms with Gasteiger partial charge in [0.1, 0.15) is 5.65 Å². The Morgan fingerprint density at radius 3 is 2.89 bits per heavy atom. The van der Waals surface area contributed by atoms with Crippen LogP contribution in [-0.2, 0) is 19.1 Å². The average Bonchev–Trinajstić information content (AvgIpc) is 3.25. The van der Waals surface area contributed by atoms with Crippen molar-refractivity contribution in [3.05, 3.63) is 47.3 Å². The molecule has 0 amide bonds. The molecule has 1 N–H and O–H groups in total. The first-order chi connectivity index (χ1) is 13.6. The molecule has 1 saturated heterocycles. The second-order valence-electron chi connectivity index (χ2n) is 6.77. The van der Waals surface area contributed by atoms with E-state index in [2.05, 4.69) is 14.9 Å². The normalized spacial score (nSPS) is 19.6. The number of allylic oxidation sites excluding steroid dienone is 1. The molecule has 0 saturated carbocycles. The van der Waals surface area contributed by atoms with Crippen LogP contribution >= 0.6 is 0 Å². The fraction of sp³-hybridized carbons (Fsp3) is 0.350. The van der Waals surface area contributed by atoms with E-state index in [0.717, 1.165) is 29.7 Å². The number of esters is 1. The van der Waals surface area contributed by atoms with Crippen molar-refractivity contribution in [1.82, 2.24) is 19.8 Å². The topological polar surface area (TPSA) is 87.8 Å². The molecule has 0 unspecified atom stereocenters. The van der Waals surface area contributed by atoms with E-state index in [1.165, 1.54) is 0 Å². The maximum absolute atomic E-state index is 13.0. The van der Waals surface area contributed by atoms with Crippen molar-refractivity contribution in [2.24, 2.45) is 0 Å². The third-order valence-corrected chi connectivity index (χ3v) is 4.91. The van der Waals surface area contributed by atoms with Crippen LogP contribution < -0.4 is 0 Å². The molecule has 28 heavy (non-hydrogen) atoms. The highest BCUT2D eigenvalue weighted by Gasteiger charge is 2.39. The van der Waals surface area contributed by atoms with Gasteiger partial charge in [0, 0.05) is 49.5 Å². The van der Waals surface area contributed by atoms with Crippen LogP contribution in [0.15, 0.2) is 41.7 Å². The van der Waals surface area contributed by atoms with Crippen molar-refractivity contribution in [2.45, 2.75) is 6.92 Å². The SMILES string of the molecule is CCOC(=O)C1=C(N2CCN(C)CC2)O/C(=C\c2c[nH]c3ncccc23)C1=O. The zero-order valence-electron chi connectivity index (χ0n) is 15.9. The predicted octanol–water partition coefficient (Wildman–Crippen LogP) is 1.53. The Morgan fingerprint density at radius 2 is 2.14 bits per heavy atom. The third kappa shape index (κ3) is 3.27. The number of fused-ring (bicyclic) bond motifs is 1. The van der Waals surface area contributed by atoms with Gasteiger partial charge in [0.05, 0.1) is 6.61 Å². The Morgan fingerprint density at radius 1 is 1.36 bits per heavy atom. The number of likely N-dealkylation sites (N-methyl/N-ethyl adjacent to an activating group) is 1. The van der Waals surface area contributed by atoms with Crippen molar-refractivity contribution < 1.29 is 19.1 Å². The van der Waals surface area contributed by atoms with E-state index in [9.17, 15) is 9.59 Å². The number of rotatable bonds is 4. The second kappa shape index (κ2) is 7.47. The summed E-state index contributed by atoms with van der Waals surface area (Å²) in [4.78, 5) is 36.9. The summed E-state index contributed by atoms with van der Waals surface area (Å²) in [7, 11) is 2.04. The highest BCUT2D eigenvalue weighted by molar-refractivity contribution is 6.26. The Hall–Kier alpha value is -3.13. The summed E-state index contributed by atoms with van der Waals surface area (Å²) < 4.78 is 11.0. The summed E-state index contributed by atoms with van der Waals surface area (Å²) in [5.41, 5.74) is 1.46. The van der Waals surface area contributed by atoms with Crippen LogP contribution in [0, 0.1) is 0 Å². The van der Waals surface area contributed by atoms with E-state index >= 15 is 0 Å². The lowest BCUT2D eigenvalue weighted by molar-refractivity contribution is -0.139. The van der Waals surface area contributed by atoms with Crippen LogP contribution in [0.25, 0.3) is 17.1 Å². The fourth-order valence-electron chi connectivity index (χ4n) is 3.37. The van der Waals surface area contributed by atoms with Crippen LogP contribution in [0.2, 0.25) is 0 Å². The van der Waals surface area contributed by atoms with Crippen molar-refractivity contribution in [2.75, 3.05) is 39.8 Å². The number of aromatic amines is 1. The van der Waals surface area contributed by atoms with Crippen molar-refractivity contribution in [3.63, 3.8) is 0 Å². The molecular weight excluding hydrogens is 360 g/mol. The van der Waals surface area contributed by atoms with Gasteiger partial charge in [0.2, 0.25) is 11.7 Å². The number of hydrogen-bond acceptors (Lipinski definition) is 7. The Bertz CT molecular complexity index is 983. The lowest BCUT2D eigenvalue weighted by Crippen LogP contribution is -2.44. The van der Waals surface area contributed by atoms with Gasteiger partial charge in [-0.2, -0.15) is 0 Å². The van der Waals surface area contributed by atoms with E-state index in [4.69, 9.17) is 9.47 Å². The molecule has 0 bridgehead atoms. The van der Waals surface area contributed by atoms with Crippen LogP contribution in [0.5, 0.6) is 0 Å². The van der Waals surface area contributed by atoms with Gasteiger partial charge in [0.15, 0.2) is 11.3 Å². The summed E-state index contributed by atoms with van der Waals surface area (Å²) in [6.45, 7) is 4.90. The first-order valence-corrected chi connectivity index (χ1v) is 9.29. The minimum Gasteiger partial charge on any atom is -0.462 e. The van der Waals surface area contributed by atoms with Crippen LogP contribution in [0.1, 0.15) is 12.5 Å². The molecule has 8 heteroatoms. The summed E-state index contributed by atoms with van der Waals surface area (Å²) >= 11 is 0. The number of carbonyl (C=O) groups excluding carboxylic acids is 2. The van der Waals surface area contributed by atoms with Gasteiger partial charge in [-0.15, -0.1) is 0 Å². The molecular formula is C20H22N4O4. The third-order valence-electron chi connectivity index (χ3n) is 4.91. The highest BCUT2D eigenvalue weighted by Crippen LogP contribution is 2.31. The van der Waals surface area contributed by atoms with E-state index in [-0.39, 0.29) is 17.9 Å². The molecule has 1 fully saturated rings. The number of Topliss-reactive ketones (excluding diaryl/α,β-unsaturated/α-hetero) is 1. The summed E-state index contributed by atoms with van der Waals surface area (Å²) in [5.74, 6) is -0.696. The molecule has 8 nitrogen and oxygen atoms in total. The quantitative estimate of drug-likeness (QED) is 0.487. The summed E-state index contributed by atoms with van der Waals surface area (Å²) in [6.07, 6.45) is 5.10. The largest absolute Gasteiger partial charge is 0.462 e. The molecule has 4 rings (SSSR count).